The first kappa shape index (κ1) is 13.0. The number of halogens is 3. The fraction of sp³-hybridized carbons (Fsp3) is 0.273. The van der Waals surface area contributed by atoms with E-state index in [0.29, 0.717) is 0 Å². The molecule has 0 heterocycles. The molecule has 0 unspecified atom stereocenters. The summed E-state index contributed by atoms with van der Waals surface area (Å²) in [6.45, 7) is 1.20. The van der Waals surface area contributed by atoms with Crippen LogP contribution in [0.3, 0.4) is 0 Å². The number of hydrogen-bond donors (Lipinski definition) is 0. The van der Waals surface area contributed by atoms with E-state index in [9.17, 15) is 18.0 Å². The maximum atomic E-state index is 12.7. The third-order valence-electron chi connectivity index (χ3n) is 2.13. The van der Waals surface area contributed by atoms with E-state index in [2.05, 4.69) is 4.74 Å². The molecule has 0 saturated heterocycles. The molecule has 0 aliphatic carbocycles. The zero-order valence-corrected chi connectivity index (χ0v) is 9.05. The number of carbonyl (C=O) groups excluding carboxylic acids is 1. The molecule has 1 rings (SSSR count). The van der Waals surface area contributed by atoms with Gasteiger partial charge in [0.2, 0.25) is 0 Å². The van der Waals surface area contributed by atoms with Gasteiger partial charge in [0.25, 0.3) is 0 Å². The zero-order chi connectivity index (χ0) is 13.2. The van der Waals surface area contributed by atoms with Crippen molar-refractivity contribution < 1.29 is 22.7 Å². The monoisotopic (exact) mass is 243 g/mol. The molecule has 0 aliphatic heterocycles. The van der Waals surface area contributed by atoms with Crippen LogP contribution in [0.1, 0.15) is 28.4 Å². The summed E-state index contributed by atoms with van der Waals surface area (Å²) in [6, 6.07) is 3.31. The molecule has 0 spiro atoms. The van der Waals surface area contributed by atoms with Crippen molar-refractivity contribution in [3.05, 3.63) is 28.8 Å². The van der Waals surface area contributed by atoms with E-state index in [1.807, 2.05) is 0 Å². The van der Waals surface area contributed by atoms with Gasteiger partial charge in [-0.15, -0.1) is 0 Å². The van der Waals surface area contributed by atoms with Crippen LogP contribution in [0, 0.1) is 11.3 Å². The molecule has 3 nitrogen and oxygen atoms in total. The first-order valence-corrected chi connectivity index (χ1v) is 4.51. The summed E-state index contributed by atoms with van der Waals surface area (Å²) in [6.07, 6.45) is -4.70. The normalized spacial score (nSPS) is 10.8. The molecule has 0 N–H and O–H groups in total. The second kappa shape index (κ2) is 4.45. The van der Waals surface area contributed by atoms with Crippen molar-refractivity contribution >= 4 is 5.78 Å². The van der Waals surface area contributed by atoms with Gasteiger partial charge in [-0.2, -0.15) is 18.4 Å². The molecule has 0 aromatic heterocycles. The number of alkyl halides is 3. The van der Waals surface area contributed by atoms with Crippen LogP contribution in [-0.2, 0) is 6.18 Å². The number of nitriles is 1. The lowest BCUT2D eigenvalue weighted by Gasteiger charge is -2.14. The van der Waals surface area contributed by atoms with Crippen LogP contribution in [0.5, 0.6) is 5.75 Å². The third kappa shape index (κ3) is 2.56. The molecule has 0 aliphatic rings. The van der Waals surface area contributed by atoms with E-state index in [1.165, 1.54) is 13.0 Å². The van der Waals surface area contributed by atoms with Gasteiger partial charge in [0.05, 0.1) is 18.7 Å². The third-order valence-corrected chi connectivity index (χ3v) is 2.13. The molecule has 1 aromatic carbocycles. The van der Waals surface area contributed by atoms with E-state index < -0.39 is 28.8 Å². The van der Waals surface area contributed by atoms with Gasteiger partial charge in [0.15, 0.2) is 5.78 Å². The fourth-order valence-corrected chi connectivity index (χ4v) is 1.36. The SMILES string of the molecule is COc1cc(C(C)=O)cc(C#N)c1C(F)(F)F. The first-order chi connectivity index (χ1) is 7.81. The number of ether oxygens (including phenoxy) is 1. The number of hydrogen-bond acceptors (Lipinski definition) is 3. The Morgan fingerprint density at radius 3 is 2.35 bits per heavy atom. The van der Waals surface area contributed by atoms with E-state index in [4.69, 9.17) is 5.26 Å². The van der Waals surface area contributed by atoms with Crippen molar-refractivity contribution in [1.29, 1.82) is 5.26 Å². The first-order valence-electron chi connectivity index (χ1n) is 4.51. The van der Waals surface area contributed by atoms with Gasteiger partial charge in [-0.05, 0) is 19.1 Å². The lowest BCUT2D eigenvalue weighted by Crippen LogP contribution is -2.11. The van der Waals surface area contributed by atoms with Crippen LogP contribution in [0.25, 0.3) is 0 Å². The second-order valence-electron chi connectivity index (χ2n) is 3.27. The summed E-state index contributed by atoms with van der Waals surface area (Å²) in [5, 5.41) is 8.69. The number of Topliss-reactive ketones (excluding diaryl/α,β-unsaturated/α-hetero) is 1. The van der Waals surface area contributed by atoms with Gasteiger partial charge in [-0.1, -0.05) is 0 Å². The number of carbonyl (C=O) groups is 1. The number of methoxy groups -OCH3 is 1. The number of nitrogens with zero attached hydrogens (tertiary/aromatic N) is 1. The van der Waals surface area contributed by atoms with Crippen LogP contribution >= 0.6 is 0 Å². The lowest BCUT2D eigenvalue weighted by molar-refractivity contribution is -0.139. The van der Waals surface area contributed by atoms with Crippen LogP contribution in [0.4, 0.5) is 13.2 Å². The zero-order valence-electron chi connectivity index (χ0n) is 9.05. The van der Waals surface area contributed by atoms with Gasteiger partial charge < -0.3 is 4.74 Å². The summed E-state index contributed by atoms with van der Waals surface area (Å²) in [4.78, 5) is 11.1. The topological polar surface area (TPSA) is 50.1 Å². The molecular formula is C11H8F3NO2. The summed E-state index contributed by atoms with van der Waals surface area (Å²) in [7, 11) is 1.05. The Kier molecular flexibility index (Phi) is 3.42. The highest BCUT2D eigenvalue weighted by molar-refractivity contribution is 5.95. The van der Waals surface area contributed by atoms with Gasteiger partial charge in [-0.25, -0.2) is 0 Å². The second-order valence-corrected chi connectivity index (χ2v) is 3.27. The molecule has 1 aromatic rings. The van der Waals surface area contributed by atoms with E-state index >= 15 is 0 Å². The van der Waals surface area contributed by atoms with Crippen molar-refractivity contribution in [2.75, 3.05) is 7.11 Å². The minimum absolute atomic E-state index is 0.00593. The molecule has 17 heavy (non-hydrogen) atoms. The van der Waals surface area contributed by atoms with Crippen molar-refractivity contribution in [3.63, 3.8) is 0 Å². The summed E-state index contributed by atoms with van der Waals surface area (Å²) >= 11 is 0. The van der Waals surface area contributed by atoms with Crippen molar-refractivity contribution in [1.82, 2.24) is 0 Å². The van der Waals surface area contributed by atoms with E-state index in [-0.39, 0.29) is 5.56 Å². The Balaban J connectivity index is 3.61. The maximum absolute atomic E-state index is 12.7. The molecule has 0 atom stereocenters. The smallest absolute Gasteiger partial charge is 0.421 e. The minimum Gasteiger partial charge on any atom is -0.496 e. The highest BCUT2D eigenvalue weighted by Gasteiger charge is 2.37. The van der Waals surface area contributed by atoms with Gasteiger partial charge >= 0.3 is 6.18 Å². The summed E-state index contributed by atoms with van der Waals surface area (Å²) < 4.78 is 42.7. The summed E-state index contributed by atoms with van der Waals surface area (Å²) in [5.74, 6) is -0.963. The number of benzene rings is 1. The van der Waals surface area contributed by atoms with Gasteiger partial charge in [0, 0.05) is 5.56 Å². The van der Waals surface area contributed by atoms with Crippen LogP contribution in [0.15, 0.2) is 12.1 Å². The Labute approximate surface area is 95.4 Å². The van der Waals surface area contributed by atoms with Crippen molar-refractivity contribution in [2.45, 2.75) is 13.1 Å². The molecule has 0 fully saturated rings. The maximum Gasteiger partial charge on any atom is 0.421 e. The lowest BCUT2D eigenvalue weighted by atomic mass is 10.0. The van der Waals surface area contributed by atoms with Crippen molar-refractivity contribution in [3.8, 4) is 11.8 Å². The average Bonchev–Trinajstić information content (AvgIpc) is 2.25. The molecule has 0 amide bonds. The molecule has 0 bridgehead atoms. The molecule has 0 saturated carbocycles. The predicted octanol–water partition coefficient (Wildman–Crippen LogP) is 2.79. The van der Waals surface area contributed by atoms with Gasteiger partial charge in [-0.3, -0.25) is 4.79 Å². The summed E-state index contributed by atoms with van der Waals surface area (Å²) in [5.41, 5.74) is -1.78. The Bertz CT molecular complexity index is 501. The largest absolute Gasteiger partial charge is 0.496 e. The average molecular weight is 243 g/mol. The minimum atomic E-state index is -4.70. The molecular weight excluding hydrogens is 235 g/mol. The predicted molar refractivity (Wildman–Crippen MR) is 52.7 cm³/mol. The number of rotatable bonds is 2. The van der Waals surface area contributed by atoms with Crippen molar-refractivity contribution in [2.24, 2.45) is 0 Å². The standard InChI is InChI=1S/C11H8F3NO2/c1-6(16)7-3-8(5-15)10(11(12,13)14)9(4-7)17-2/h3-4H,1-2H3. The quantitative estimate of drug-likeness (QED) is 0.750. The molecule has 6 heteroatoms. The Hall–Kier alpha value is -2.03. The Morgan fingerprint density at radius 1 is 1.41 bits per heavy atom. The number of ketones is 1. The Morgan fingerprint density at radius 2 is 2.00 bits per heavy atom. The highest BCUT2D eigenvalue weighted by Crippen LogP contribution is 2.39. The van der Waals surface area contributed by atoms with Crippen LogP contribution in [-0.4, -0.2) is 12.9 Å². The van der Waals surface area contributed by atoms with Crippen LogP contribution in [0.2, 0.25) is 0 Å². The molecule has 90 valence electrons. The van der Waals surface area contributed by atoms with Gasteiger partial charge in [0.1, 0.15) is 11.3 Å². The van der Waals surface area contributed by atoms with E-state index in [1.54, 1.807) is 0 Å². The fourth-order valence-electron chi connectivity index (χ4n) is 1.36. The van der Waals surface area contributed by atoms with E-state index in [0.717, 1.165) is 19.2 Å². The molecule has 0 radical (unpaired) electrons. The van der Waals surface area contributed by atoms with Crippen LogP contribution < -0.4 is 4.74 Å². The highest BCUT2D eigenvalue weighted by atomic mass is 19.4.